The molecule has 0 atom stereocenters. The molecule has 0 bridgehead atoms. The van der Waals surface area contributed by atoms with Crippen LogP contribution in [0, 0.1) is 0 Å². The summed E-state index contributed by atoms with van der Waals surface area (Å²) in [5.41, 5.74) is 2.30. The van der Waals surface area contributed by atoms with Gasteiger partial charge in [0.2, 0.25) is 6.33 Å². The quantitative estimate of drug-likeness (QED) is 0.700. The van der Waals surface area contributed by atoms with E-state index in [0.29, 0.717) is 0 Å². The average Bonchev–Trinajstić information content (AvgIpc) is 2.55. The zero-order valence-corrected chi connectivity index (χ0v) is 8.49. The second-order valence-corrected chi connectivity index (χ2v) is 1.98. The molecule has 0 amide bonds. The van der Waals surface area contributed by atoms with Crippen molar-refractivity contribution in [1.82, 2.24) is 4.98 Å². The fraction of sp³-hybridized carbons (Fsp3) is 0. The van der Waals surface area contributed by atoms with Crippen molar-refractivity contribution in [2.24, 2.45) is 0 Å². The van der Waals surface area contributed by atoms with Crippen molar-refractivity contribution >= 4 is 20.2 Å². The van der Waals surface area contributed by atoms with Crippen LogP contribution in [0.2, 0.25) is 0 Å². The number of nitrogens with one attached hydrogen (secondary N) is 2. The van der Waals surface area contributed by atoms with Crippen LogP contribution in [-0.4, -0.2) is 4.98 Å². The average molecular weight is 352 g/mol. The van der Waals surface area contributed by atoms with Crippen molar-refractivity contribution in [3.8, 4) is 0 Å². The van der Waals surface area contributed by atoms with Gasteiger partial charge in [0.05, 0.1) is 0 Å². The normalized spacial score (nSPS) is 9.00. The van der Waals surface area contributed by atoms with Crippen LogP contribution in [0.3, 0.4) is 0 Å². The van der Waals surface area contributed by atoms with Gasteiger partial charge in [0.15, 0.2) is 11.0 Å². The maximum atomic E-state index is 4.58. The second-order valence-electron chi connectivity index (χ2n) is 1.98. The summed E-state index contributed by atoms with van der Waals surface area (Å²) in [6.45, 7) is 0. The Bertz CT molecular complexity index is 290. The van der Waals surface area contributed by atoms with Crippen molar-refractivity contribution in [3.05, 3.63) is 30.6 Å². The van der Waals surface area contributed by atoms with Crippen molar-refractivity contribution in [3.63, 3.8) is 0 Å². The second kappa shape index (κ2) is 4.57. The number of fused-ring (bicyclic) bond motifs is 1. The molecule has 0 aliphatic rings. The Kier molecular flexibility index (Phi) is 3.66. The molecule has 2 rings (SSSR count). The fourth-order valence-corrected chi connectivity index (χ4v) is 0.926. The number of aromatic nitrogens is 2. The molecule has 2 nitrogen and oxygen atoms in total. The Morgan fingerprint density at radius 3 is 2.73 bits per heavy atom. The van der Waals surface area contributed by atoms with Gasteiger partial charge >= 0.3 is 29.2 Å². The maximum Gasteiger partial charge on any atom is 0.240 e. The molecule has 0 saturated carbocycles. The van der Waals surface area contributed by atoms with Gasteiger partial charge in [0.25, 0.3) is 0 Å². The minimum atomic E-state index is 1.15. The number of H-pyrrole nitrogens is 2. The Balaban J connectivity index is 0.000000281. The van der Waals surface area contributed by atoms with E-state index in [2.05, 4.69) is 19.2 Å². The van der Waals surface area contributed by atoms with Crippen LogP contribution in [-0.2, 0) is 20.0 Å². The number of imidazole rings is 1. The SMILES string of the molecule is [Cl][Au].c1ccc2[nH+]c[nH]c2c1. The van der Waals surface area contributed by atoms with Crippen molar-refractivity contribution in [2.45, 2.75) is 0 Å². The van der Waals surface area contributed by atoms with E-state index in [0.717, 1.165) is 11.0 Å². The molecule has 0 unspecified atom stereocenters. The van der Waals surface area contributed by atoms with Gasteiger partial charge < -0.3 is 0 Å². The first-order valence-corrected chi connectivity index (χ1v) is 5.70. The summed E-state index contributed by atoms with van der Waals surface area (Å²) in [6, 6.07) is 8.08. The summed E-state index contributed by atoms with van der Waals surface area (Å²) in [7, 11) is 4.58. The van der Waals surface area contributed by atoms with Crippen LogP contribution in [0.5, 0.6) is 0 Å². The van der Waals surface area contributed by atoms with Gasteiger partial charge in [0.1, 0.15) is 0 Å². The number of aromatic amines is 2. The summed E-state index contributed by atoms with van der Waals surface area (Å²) in [5, 5.41) is 0. The first-order chi connectivity index (χ1) is 5.47. The smallest absolute Gasteiger partial charge is 0.240 e. The molecule has 0 fully saturated rings. The molecule has 62 valence electrons. The van der Waals surface area contributed by atoms with Crippen LogP contribution in [0.25, 0.3) is 11.0 Å². The molecule has 0 aliphatic carbocycles. The fourth-order valence-electron chi connectivity index (χ4n) is 0.926. The molecule has 2 aromatic rings. The Morgan fingerprint density at radius 1 is 1.27 bits per heavy atom. The van der Waals surface area contributed by atoms with Crippen LogP contribution in [0.4, 0.5) is 0 Å². The zero-order chi connectivity index (χ0) is 8.10. The van der Waals surface area contributed by atoms with E-state index in [4.69, 9.17) is 0 Å². The minimum Gasteiger partial charge on any atom is -0.244 e. The number of hydrogen-bond donors (Lipinski definition) is 1. The van der Waals surface area contributed by atoms with Gasteiger partial charge in [-0.15, -0.1) is 0 Å². The topological polar surface area (TPSA) is 29.9 Å². The first kappa shape index (κ1) is 8.81. The van der Waals surface area contributed by atoms with Crippen LogP contribution < -0.4 is 4.98 Å². The molecule has 0 radical (unpaired) electrons. The van der Waals surface area contributed by atoms with Crippen LogP contribution >= 0.6 is 9.19 Å². The first-order valence-electron chi connectivity index (χ1n) is 3.02. The maximum absolute atomic E-state index is 4.58. The van der Waals surface area contributed by atoms with Crippen molar-refractivity contribution < 1.29 is 25.0 Å². The Labute approximate surface area is 80.7 Å². The predicted octanol–water partition coefficient (Wildman–Crippen LogP) is 1.67. The molecule has 1 aromatic carbocycles. The largest absolute Gasteiger partial charge is 0.244 e. The molecule has 0 spiro atoms. The summed E-state index contributed by atoms with van der Waals surface area (Å²) in [4.78, 5) is 6.13. The van der Waals surface area contributed by atoms with E-state index < -0.39 is 0 Å². The van der Waals surface area contributed by atoms with Crippen molar-refractivity contribution in [2.75, 3.05) is 0 Å². The Morgan fingerprint density at radius 2 is 2.00 bits per heavy atom. The van der Waals surface area contributed by atoms with E-state index in [1.165, 1.54) is 0 Å². The summed E-state index contributed by atoms with van der Waals surface area (Å²) >= 11 is 1.75. The number of rotatable bonds is 0. The van der Waals surface area contributed by atoms with Gasteiger partial charge in [-0.25, -0.2) is 9.97 Å². The predicted molar refractivity (Wildman–Crippen MR) is 40.7 cm³/mol. The third-order valence-electron chi connectivity index (χ3n) is 1.38. The van der Waals surface area contributed by atoms with E-state index in [-0.39, 0.29) is 0 Å². The molecule has 0 aliphatic heterocycles. The van der Waals surface area contributed by atoms with Gasteiger partial charge in [0, 0.05) is 0 Å². The molecule has 1 heterocycles. The third-order valence-corrected chi connectivity index (χ3v) is 1.38. The van der Waals surface area contributed by atoms with Gasteiger partial charge in [-0.1, -0.05) is 12.1 Å². The molecule has 1 aromatic heterocycles. The van der Waals surface area contributed by atoms with Crippen LogP contribution in [0.15, 0.2) is 30.6 Å². The summed E-state index contributed by atoms with van der Waals surface area (Å²) in [5.74, 6) is 0. The van der Waals surface area contributed by atoms with Gasteiger partial charge in [-0.05, 0) is 12.1 Å². The van der Waals surface area contributed by atoms with Crippen molar-refractivity contribution in [1.29, 1.82) is 0 Å². The third kappa shape index (κ3) is 2.07. The number of hydrogen-bond acceptors (Lipinski definition) is 0. The zero-order valence-electron chi connectivity index (χ0n) is 5.57. The standard InChI is InChI=1S/C7H6N2.Au.ClH/c1-2-4-7-6(3-1)8-5-9-7;;/h1-5H,(H,8,9);;1H/q;+1;. The molecule has 4 heteroatoms. The number of halogens is 1. The molecular weight excluding hydrogens is 345 g/mol. The molecular formula is C7H7AuClN2+. The molecule has 11 heavy (non-hydrogen) atoms. The summed E-state index contributed by atoms with van der Waals surface area (Å²) in [6.07, 6.45) is 1.82. The van der Waals surface area contributed by atoms with Crippen LogP contribution in [0.1, 0.15) is 0 Å². The number of para-hydroxylation sites is 2. The monoisotopic (exact) mass is 351 g/mol. The molecule has 2 N–H and O–H groups in total. The number of benzene rings is 1. The van der Waals surface area contributed by atoms with E-state index in [1.807, 2.05) is 30.6 Å². The molecule has 0 saturated heterocycles. The van der Waals surface area contributed by atoms with E-state index in [1.54, 1.807) is 20.0 Å². The van der Waals surface area contributed by atoms with Gasteiger partial charge in [-0.3, -0.25) is 0 Å². The minimum absolute atomic E-state index is 1.15. The van der Waals surface area contributed by atoms with E-state index in [9.17, 15) is 0 Å². The Hall–Kier alpha value is -0.280. The summed E-state index contributed by atoms with van der Waals surface area (Å²) < 4.78 is 0. The van der Waals surface area contributed by atoms with E-state index >= 15 is 0 Å². The van der Waals surface area contributed by atoms with Gasteiger partial charge in [-0.2, -0.15) is 0 Å².